The predicted molar refractivity (Wildman–Crippen MR) is 98.6 cm³/mol. The third-order valence-electron chi connectivity index (χ3n) is 4.00. The normalized spacial score (nSPS) is 11.9. The summed E-state index contributed by atoms with van der Waals surface area (Å²) in [5.74, 6) is 0.574. The maximum absolute atomic E-state index is 13.4. The Hall–Kier alpha value is -3.06. The Kier molecular flexibility index (Phi) is 5.84. The van der Waals surface area contributed by atoms with Crippen LogP contribution in [0.2, 0.25) is 0 Å². The first-order valence-electron chi connectivity index (χ1n) is 8.51. The lowest BCUT2D eigenvalue weighted by atomic mass is 10.1. The van der Waals surface area contributed by atoms with E-state index < -0.39 is 11.7 Å². The molecule has 0 saturated carbocycles. The number of aliphatic hydroxyl groups is 1. The molecular formula is C21H18F3NO3. The van der Waals surface area contributed by atoms with Gasteiger partial charge in [0.1, 0.15) is 23.8 Å². The van der Waals surface area contributed by atoms with E-state index in [0.29, 0.717) is 22.9 Å². The van der Waals surface area contributed by atoms with E-state index in [4.69, 9.17) is 14.3 Å². The number of ether oxygens (including phenoxy) is 1. The van der Waals surface area contributed by atoms with Gasteiger partial charge in [0.05, 0.1) is 12.2 Å². The Morgan fingerprint density at radius 1 is 1.14 bits per heavy atom. The van der Waals surface area contributed by atoms with Crippen LogP contribution in [0.5, 0.6) is 5.75 Å². The summed E-state index contributed by atoms with van der Waals surface area (Å²) >= 11 is 0. The van der Waals surface area contributed by atoms with Gasteiger partial charge in [-0.1, -0.05) is 36.4 Å². The van der Waals surface area contributed by atoms with Crippen molar-refractivity contribution in [3.63, 3.8) is 0 Å². The van der Waals surface area contributed by atoms with E-state index in [2.05, 4.69) is 4.98 Å². The van der Waals surface area contributed by atoms with Crippen LogP contribution in [0.15, 0.2) is 59.0 Å². The number of aliphatic hydroxyl groups excluding tert-OH is 1. The van der Waals surface area contributed by atoms with Gasteiger partial charge in [-0.3, -0.25) is 0 Å². The second kappa shape index (κ2) is 8.31. The standard InChI is InChI=1S/C21H18F3NO3/c1-14-18(25-20(28-14)16-7-3-2-4-8-16)13-27-19-10-9-15(6-5-11-26)12-17(19)21(22,23)24/h2-10,12,26H,11,13H2,1H3/b6-5+. The fraction of sp³-hybridized carbons (Fsp3) is 0.190. The molecule has 7 heteroatoms. The fourth-order valence-corrected chi connectivity index (χ4v) is 2.60. The van der Waals surface area contributed by atoms with Gasteiger partial charge in [0, 0.05) is 5.56 Å². The molecule has 1 aromatic heterocycles. The second-order valence-corrected chi connectivity index (χ2v) is 6.01. The third-order valence-corrected chi connectivity index (χ3v) is 4.00. The largest absolute Gasteiger partial charge is 0.487 e. The summed E-state index contributed by atoms with van der Waals surface area (Å²) in [5, 5.41) is 8.78. The molecule has 0 atom stereocenters. The van der Waals surface area contributed by atoms with E-state index in [-0.39, 0.29) is 19.0 Å². The molecule has 0 aliphatic rings. The Morgan fingerprint density at radius 2 is 1.89 bits per heavy atom. The zero-order valence-electron chi connectivity index (χ0n) is 15.0. The molecule has 0 radical (unpaired) electrons. The number of benzene rings is 2. The summed E-state index contributed by atoms with van der Waals surface area (Å²) < 4.78 is 51.2. The number of hydrogen-bond acceptors (Lipinski definition) is 4. The van der Waals surface area contributed by atoms with Crippen molar-refractivity contribution >= 4 is 6.08 Å². The van der Waals surface area contributed by atoms with Gasteiger partial charge in [0.2, 0.25) is 5.89 Å². The SMILES string of the molecule is Cc1oc(-c2ccccc2)nc1COc1ccc(/C=C/CO)cc1C(F)(F)F. The molecular weight excluding hydrogens is 371 g/mol. The van der Waals surface area contributed by atoms with Crippen LogP contribution in [-0.2, 0) is 12.8 Å². The van der Waals surface area contributed by atoms with Crippen molar-refractivity contribution in [3.05, 3.63) is 77.2 Å². The number of aromatic nitrogens is 1. The summed E-state index contributed by atoms with van der Waals surface area (Å²) in [4.78, 5) is 4.33. The van der Waals surface area contributed by atoms with Crippen LogP contribution < -0.4 is 4.74 Å². The Balaban J connectivity index is 1.83. The van der Waals surface area contributed by atoms with Crippen LogP contribution in [0.3, 0.4) is 0 Å². The maximum atomic E-state index is 13.4. The van der Waals surface area contributed by atoms with Crippen molar-refractivity contribution in [2.75, 3.05) is 6.61 Å². The minimum atomic E-state index is -4.58. The Labute approximate surface area is 159 Å². The first-order valence-corrected chi connectivity index (χ1v) is 8.51. The summed E-state index contributed by atoms with van der Waals surface area (Å²) in [6.07, 6.45) is -1.81. The summed E-state index contributed by atoms with van der Waals surface area (Å²) in [7, 11) is 0. The number of oxazole rings is 1. The van der Waals surface area contributed by atoms with Gasteiger partial charge in [-0.05, 0) is 36.8 Å². The molecule has 4 nitrogen and oxygen atoms in total. The van der Waals surface area contributed by atoms with Crippen molar-refractivity contribution < 1.29 is 27.4 Å². The minimum Gasteiger partial charge on any atom is -0.487 e. The van der Waals surface area contributed by atoms with Gasteiger partial charge >= 0.3 is 6.18 Å². The summed E-state index contributed by atoms with van der Waals surface area (Å²) in [5.41, 5.74) is 0.624. The molecule has 1 N–H and O–H groups in total. The highest BCUT2D eigenvalue weighted by atomic mass is 19.4. The van der Waals surface area contributed by atoms with Gasteiger partial charge in [-0.25, -0.2) is 4.98 Å². The molecule has 0 bridgehead atoms. The van der Waals surface area contributed by atoms with E-state index in [0.717, 1.165) is 11.6 Å². The predicted octanol–water partition coefficient (Wildman–Crippen LogP) is 5.25. The molecule has 3 aromatic rings. The molecule has 3 rings (SSSR count). The molecule has 28 heavy (non-hydrogen) atoms. The molecule has 146 valence electrons. The summed E-state index contributed by atoms with van der Waals surface area (Å²) in [6.45, 7) is 1.28. The number of rotatable bonds is 6. The van der Waals surface area contributed by atoms with E-state index in [1.54, 1.807) is 6.92 Å². The number of nitrogens with zero attached hydrogens (tertiary/aromatic N) is 1. The Bertz CT molecular complexity index is 963. The lowest BCUT2D eigenvalue weighted by Crippen LogP contribution is -2.09. The van der Waals surface area contributed by atoms with E-state index in [1.165, 1.54) is 24.3 Å². The zero-order valence-corrected chi connectivity index (χ0v) is 15.0. The lowest BCUT2D eigenvalue weighted by molar-refractivity contribution is -0.139. The first kappa shape index (κ1) is 19.7. The molecule has 1 heterocycles. The second-order valence-electron chi connectivity index (χ2n) is 6.01. The number of halogens is 3. The van der Waals surface area contributed by atoms with E-state index in [1.807, 2.05) is 30.3 Å². The van der Waals surface area contributed by atoms with Crippen LogP contribution >= 0.6 is 0 Å². The average molecular weight is 389 g/mol. The molecule has 0 aliphatic carbocycles. The molecule has 0 spiro atoms. The molecule has 0 unspecified atom stereocenters. The first-order chi connectivity index (χ1) is 13.4. The van der Waals surface area contributed by atoms with Crippen molar-refractivity contribution in [1.29, 1.82) is 0 Å². The third kappa shape index (κ3) is 4.61. The van der Waals surface area contributed by atoms with E-state index in [9.17, 15) is 13.2 Å². The molecule has 0 aliphatic heterocycles. The Morgan fingerprint density at radius 3 is 2.57 bits per heavy atom. The van der Waals surface area contributed by atoms with Crippen molar-refractivity contribution in [2.24, 2.45) is 0 Å². The number of alkyl halides is 3. The van der Waals surface area contributed by atoms with Crippen LogP contribution in [0.25, 0.3) is 17.5 Å². The molecule has 0 fully saturated rings. The van der Waals surface area contributed by atoms with Crippen molar-refractivity contribution in [3.8, 4) is 17.2 Å². The highest BCUT2D eigenvalue weighted by molar-refractivity contribution is 5.55. The van der Waals surface area contributed by atoms with Crippen molar-refractivity contribution in [2.45, 2.75) is 19.7 Å². The lowest BCUT2D eigenvalue weighted by Gasteiger charge is -2.14. The maximum Gasteiger partial charge on any atom is 0.419 e. The molecule has 0 amide bonds. The number of aryl methyl sites for hydroxylation is 1. The van der Waals surface area contributed by atoms with Crippen LogP contribution in [0.4, 0.5) is 13.2 Å². The van der Waals surface area contributed by atoms with Gasteiger partial charge < -0.3 is 14.3 Å². The summed E-state index contributed by atoms with van der Waals surface area (Å²) in [6, 6.07) is 12.9. The average Bonchev–Trinajstić information content (AvgIpc) is 3.05. The van der Waals surface area contributed by atoms with Crippen LogP contribution in [0.1, 0.15) is 22.6 Å². The topological polar surface area (TPSA) is 55.5 Å². The highest BCUT2D eigenvalue weighted by Crippen LogP contribution is 2.37. The van der Waals surface area contributed by atoms with Gasteiger partial charge in [0.25, 0.3) is 0 Å². The van der Waals surface area contributed by atoms with Crippen molar-refractivity contribution in [1.82, 2.24) is 4.98 Å². The van der Waals surface area contributed by atoms with Gasteiger partial charge in [-0.2, -0.15) is 13.2 Å². The van der Waals surface area contributed by atoms with Gasteiger partial charge in [-0.15, -0.1) is 0 Å². The quantitative estimate of drug-likeness (QED) is 0.625. The molecule has 0 saturated heterocycles. The minimum absolute atomic E-state index is 0.156. The van der Waals surface area contributed by atoms with Gasteiger partial charge in [0.15, 0.2) is 0 Å². The zero-order chi connectivity index (χ0) is 20.1. The number of hydrogen-bond donors (Lipinski definition) is 1. The van der Waals surface area contributed by atoms with Crippen LogP contribution in [-0.4, -0.2) is 16.7 Å². The fourth-order valence-electron chi connectivity index (χ4n) is 2.60. The van der Waals surface area contributed by atoms with E-state index >= 15 is 0 Å². The highest BCUT2D eigenvalue weighted by Gasteiger charge is 2.34. The molecule has 2 aromatic carbocycles. The monoisotopic (exact) mass is 389 g/mol. The van der Waals surface area contributed by atoms with Crippen LogP contribution in [0, 0.1) is 6.92 Å². The smallest absolute Gasteiger partial charge is 0.419 e.